The lowest BCUT2D eigenvalue weighted by Crippen LogP contribution is -2.12. The minimum Gasteiger partial charge on any atom is -0.463 e. The van der Waals surface area contributed by atoms with Gasteiger partial charge in [0.25, 0.3) is 0 Å². The number of hydrogen-bond acceptors (Lipinski definition) is 4. The van der Waals surface area contributed by atoms with E-state index < -0.39 is 0 Å². The van der Waals surface area contributed by atoms with Crippen molar-refractivity contribution in [3.8, 4) is 0 Å². The second-order valence-electron chi connectivity index (χ2n) is 2.24. The number of rotatable bonds is 8. The van der Waals surface area contributed by atoms with Crippen molar-refractivity contribution in [3.63, 3.8) is 0 Å². The molecule has 0 aromatic heterocycles. The second kappa shape index (κ2) is 9.62. The van der Waals surface area contributed by atoms with E-state index in [1.807, 2.05) is 6.92 Å². The van der Waals surface area contributed by atoms with Gasteiger partial charge in [0.2, 0.25) is 0 Å². The molecule has 0 aliphatic carbocycles. The highest BCUT2D eigenvalue weighted by Gasteiger charge is 2.00. The van der Waals surface area contributed by atoms with Crippen molar-refractivity contribution in [1.82, 2.24) is 0 Å². The van der Waals surface area contributed by atoms with Gasteiger partial charge in [0, 0.05) is 0 Å². The van der Waals surface area contributed by atoms with Crippen molar-refractivity contribution in [1.29, 1.82) is 0 Å². The first-order valence-electron chi connectivity index (χ1n) is 4.19. The normalized spacial score (nSPS) is 10.5. The molecule has 0 aromatic rings. The molecule has 76 valence electrons. The summed E-state index contributed by atoms with van der Waals surface area (Å²) < 4.78 is 9.61. The highest BCUT2D eigenvalue weighted by Crippen LogP contribution is 2.07. The number of carbonyl (C=O) groups is 2. The third kappa shape index (κ3) is 9.44. The molecule has 13 heavy (non-hydrogen) atoms. The Balaban J connectivity index is 3.12. The summed E-state index contributed by atoms with van der Waals surface area (Å²) in [6.07, 6.45) is 2.17. The number of hydrogen-bond donors (Lipinski definition) is 0. The maximum absolute atomic E-state index is 10.9. The molecule has 0 bridgehead atoms. The van der Waals surface area contributed by atoms with Crippen LogP contribution in [0.5, 0.6) is 0 Å². The Bertz CT molecular complexity index is 149. The minimum atomic E-state index is -0.185. The minimum absolute atomic E-state index is 0.0638. The van der Waals surface area contributed by atoms with E-state index in [9.17, 15) is 9.59 Å². The number of ether oxygens (including phenoxy) is 2. The predicted molar refractivity (Wildman–Crippen MR) is 51.6 cm³/mol. The van der Waals surface area contributed by atoms with Crippen LogP contribution in [-0.2, 0) is 19.1 Å². The van der Waals surface area contributed by atoms with Crippen molar-refractivity contribution in [2.24, 2.45) is 0 Å². The lowest BCUT2D eigenvalue weighted by atomic mass is 10.7. The third-order valence-corrected chi connectivity index (χ3v) is 2.23. The van der Waals surface area contributed by atoms with E-state index in [0.29, 0.717) is 27.6 Å². The summed E-state index contributed by atoms with van der Waals surface area (Å²) in [5.74, 6) is -0.185. The summed E-state index contributed by atoms with van der Waals surface area (Å²) >= 11 is 0. The summed E-state index contributed by atoms with van der Waals surface area (Å²) in [5, 5.41) is 0. The first-order chi connectivity index (χ1) is 6.31. The Kier molecular flexibility index (Phi) is 9.27. The van der Waals surface area contributed by atoms with Crippen molar-refractivity contribution in [2.45, 2.75) is 6.92 Å². The van der Waals surface area contributed by atoms with Gasteiger partial charge in [-0.2, -0.15) is 0 Å². The Labute approximate surface area is 79.8 Å². The highest BCUT2D eigenvalue weighted by atomic mass is 31.1. The molecule has 1 unspecified atom stereocenters. The summed E-state index contributed by atoms with van der Waals surface area (Å²) in [5.41, 5.74) is 0. The van der Waals surface area contributed by atoms with Crippen LogP contribution in [0.4, 0.5) is 0 Å². The van der Waals surface area contributed by atoms with Crippen LogP contribution in [0, 0.1) is 0 Å². The summed E-state index contributed by atoms with van der Waals surface area (Å²) in [6.45, 7) is 2.62. The van der Waals surface area contributed by atoms with Gasteiger partial charge in [0.1, 0.15) is 19.5 Å². The van der Waals surface area contributed by atoms with Crippen LogP contribution in [0.25, 0.3) is 0 Å². The number of aldehydes is 1. The fraction of sp³-hybridized carbons (Fsp3) is 0.750. The second-order valence-corrected chi connectivity index (χ2v) is 3.80. The molecule has 1 atom stereocenters. The van der Waals surface area contributed by atoms with Crippen LogP contribution < -0.4 is 0 Å². The molecule has 0 N–H and O–H groups in total. The topological polar surface area (TPSA) is 52.6 Å². The van der Waals surface area contributed by atoms with Crippen LogP contribution in [0.3, 0.4) is 0 Å². The van der Waals surface area contributed by atoms with Crippen LogP contribution in [-0.4, -0.2) is 44.4 Å². The molecule has 0 saturated heterocycles. The molecule has 0 aromatic carbocycles. The van der Waals surface area contributed by atoms with E-state index >= 15 is 0 Å². The van der Waals surface area contributed by atoms with Gasteiger partial charge >= 0.3 is 5.97 Å². The Morgan fingerprint density at radius 1 is 1.46 bits per heavy atom. The van der Waals surface area contributed by atoms with Crippen LogP contribution in [0.2, 0.25) is 0 Å². The Morgan fingerprint density at radius 2 is 2.23 bits per heavy atom. The van der Waals surface area contributed by atoms with Crippen molar-refractivity contribution in [2.75, 3.05) is 32.1 Å². The monoisotopic (exact) mass is 206 g/mol. The summed E-state index contributed by atoms with van der Waals surface area (Å²) in [4.78, 5) is 20.7. The zero-order chi connectivity index (χ0) is 9.94. The maximum Gasteiger partial charge on any atom is 0.309 e. The summed E-state index contributed by atoms with van der Waals surface area (Å²) in [7, 11) is 0.636. The fourth-order valence-electron chi connectivity index (χ4n) is 0.624. The van der Waals surface area contributed by atoms with Crippen molar-refractivity contribution < 1.29 is 19.1 Å². The van der Waals surface area contributed by atoms with Gasteiger partial charge in [-0.1, -0.05) is 6.92 Å². The van der Waals surface area contributed by atoms with E-state index in [-0.39, 0.29) is 19.2 Å². The zero-order valence-corrected chi connectivity index (χ0v) is 8.75. The van der Waals surface area contributed by atoms with Crippen molar-refractivity contribution >= 4 is 20.8 Å². The Hall–Kier alpha value is -0.470. The molecule has 0 spiro atoms. The van der Waals surface area contributed by atoms with Gasteiger partial charge in [0.05, 0.1) is 12.8 Å². The molecule has 0 rings (SSSR count). The van der Waals surface area contributed by atoms with Gasteiger partial charge in [-0.15, -0.1) is 8.58 Å². The van der Waals surface area contributed by atoms with Gasteiger partial charge in [0.15, 0.2) is 0 Å². The van der Waals surface area contributed by atoms with E-state index in [1.165, 1.54) is 0 Å². The van der Waals surface area contributed by atoms with Crippen molar-refractivity contribution in [3.05, 3.63) is 0 Å². The van der Waals surface area contributed by atoms with E-state index in [1.54, 1.807) is 0 Å². The van der Waals surface area contributed by atoms with Gasteiger partial charge < -0.3 is 14.3 Å². The SMILES string of the molecule is CCPCC(=O)OCCOCC=O. The molecule has 4 nitrogen and oxygen atoms in total. The third-order valence-electron chi connectivity index (χ3n) is 1.20. The molecule has 0 radical (unpaired) electrons. The lowest BCUT2D eigenvalue weighted by molar-refractivity contribution is -0.142. The largest absolute Gasteiger partial charge is 0.463 e. The fourth-order valence-corrected chi connectivity index (χ4v) is 1.18. The van der Waals surface area contributed by atoms with E-state index in [4.69, 9.17) is 9.47 Å². The zero-order valence-electron chi connectivity index (χ0n) is 7.75. The molecule has 0 amide bonds. The molecule has 0 saturated carbocycles. The Morgan fingerprint density at radius 3 is 2.85 bits per heavy atom. The maximum atomic E-state index is 10.9. The smallest absolute Gasteiger partial charge is 0.309 e. The molecular formula is C8H15O4P. The number of carbonyl (C=O) groups excluding carboxylic acids is 2. The van der Waals surface area contributed by atoms with Crippen LogP contribution in [0.1, 0.15) is 6.92 Å². The summed E-state index contributed by atoms with van der Waals surface area (Å²) in [6, 6.07) is 0. The molecule has 0 aliphatic heterocycles. The van der Waals surface area contributed by atoms with Crippen LogP contribution >= 0.6 is 8.58 Å². The predicted octanol–water partition coefficient (Wildman–Crippen LogP) is 0.443. The molecular weight excluding hydrogens is 191 g/mol. The highest BCUT2D eigenvalue weighted by molar-refractivity contribution is 7.39. The molecule has 5 heteroatoms. The first kappa shape index (κ1) is 12.5. The molecule has 0 heterocycles. The molecule has 0 aliphatic rings. The first-order valence-corrected chi connectivity index (χ1v) is 5.60. The quantitative estimate of drug-likeness (QED) is 0.250. The average Bonchev–Trinajstić information content (AvgIpc) is 2.14. The van der Waals surface area contributed by atoms with Gasteiger partial charge in [-0.3, -0.25) is 4.79 Å². The van der Waals surface area contributed by atoms with E-state index in [0.717, 1.165) is 6.16 Å². The lowest BCUT2D eigenvalue weighted by Gasteiger charge is -2.03. The molecule has 0 fully saturated rings. The average molecular weight is 206 g/mol. The number of esters is 1. The van der Waals surface area contributed by atoms with E-state index in [2.05, 4.69) is 0 Å². The standard InChI is InChI=1S/C8H15O4P/c1-2-13-7-8(10)12-6-5-11-4-3-9/h3,13H,2,4-7H2,1H3. The van der Waals surface area contributed by atoms with Gasteiger partial charge in [-0.05, 0) is 6.16 Å². The van der Waals surface area contributed by atoms with Gasteiger partial charge in [-0.25, -0.2) is 0 Å². The van der Waals surface area contributed by atoms with Crippen LogP contribution in [0.15, 0.2) is 0 Å².